The van der Waals surface area contributed by atoms with E-state index < -0.39 is 0 Å². The van der Waals surface area contributed by atoms with E-state index in [0.717, 1.165) is 17.1 Å². The van der Waals surface area contributed by atoms with E-state index in [-0.39, 0.29) is 0 Å². The first-order valence-electron chi connectivity index (χ1n) is 6.26. The summed E-state index contributed by atoms with van der Waals surface area (Å²) in [7, 11) is 0. The SMILES string of the molecule is Cc1nn(-c2nc3ccccc3s2)c2c1CCC2. The van der Waals surface area contributed by atoms with Crippen LogP contribution in [0.5, 0.6) is 0 Å². The fourth-order valence-corrected chi connectivity index (χ4v) is 3.67. The fourth-order valence-electron chi connectivity index (χ4n) is 2.73. The largest absolute Gasteiger partial charge is 0.218 e. The Balaban J connectivity index is 1.95. The molecule has 1 aliphatic carbocycles. The number of aryl methyl sites for hydroxylation is 1. The van der Waals surface area contributed by atoms with Crippen molar-refractivity contribution in [3.05, 3.63) is 41.2 Å². The maximum absolute atomic E-state index is 4.69. The topological polar surface area (TPSA) is 30.7 Å². The molecule has 3 aromatic rings. The van der Waals surface area contributed by atoms with Gasteiger partial charge in [0.2, 0.25) is 5.13 Å². The molecule has 0 saturated carbocycles. The zero-order chi connectivity index (χ0) is 12.1. The summed E-state index contributed by atoms with van der Waals surface area (Å²) in [5, 5.41) is 5.66. The van der Waals surface area contributed by atoms with Crippen molar-refractivity contribution in [1.82, 2.24) is 14.8 Å². The number of benzene rings is 1. The second kappa shape index (κ2) is 3.65. The Morgan fingerprint density at radius 2 is 2.11 bits per heavy atom. The van der Waals surface area contributed by atoms with Crippen LogP contribution in [0.2, 0.25) is 0 Å². The van der Waals surface area contributed by atoms with Crippen LogP contribution in [0.25, 0.3) is 15.3 Å². The van der Waals surface area contributed by atoms with Gasteiger partial charge in [0.25, 0.3) is 0 Å². The highest BCUT2D eigenvalue weighted by Crippen LogP contribution is 2.30. The van der Waals surface area contributed by atoms with Gasteiger partial charge < -0.3 is 0 Å². The lowest BCUT2D eigenvalue weighted by Crippen LogP contribution is -2.00. The van der Waals surface area contributed by atoms with Gasteiger partial charge in [0.1, 0.15) is 0 Å². The Kier molecular flexibility index (Phi) is 2.08. The Morgan fingerprint density at radius 1 is 1.22 bits per heavy atom. The first-order chi connectivity index (χ1) is 8.83. The molecule has 1 aromatic carbocycles. The molecule has 0 fully saturated rings. The van der Waals surface area contributed by atoms with Gasteiger partial charge in [-0.2, -0.15) is 5.10 Å². The molecule has 0 unspecified atom stereocenters. The zero-order valence-corrected chi connectivity index (χ0v) is 11.0. The number of aromatic nitrogens is 3. The summed E-state index contributed by atoms with van der Waals surface area (Å²) in [6.07, 6.45) is 3.55. The maximum atomic E-state index is 4.69. The smallest absolute Gasteiger partial charge is 0.211 e. The van der Waals surface area contributed by atoms with E-state index in [9.17, 15) is 0 Å². The molecule has 2 aromatic heterocycles. The van der Waals surface area contributed by atoms with Crippen LogP contribution in [0, 0.1) is 6.92 Å². The highest BCUT2D eigenvalue weighted by Gasteiger charge is 2.22. The lowest BCUT2D eigenvalue weighted by Gasteiger charge is -1.99. The molecule has 0 N–H and O–H groups in total. The van der Waals surface area contributed by atoms with Crippen LogP contribution >= 0.6 is 11.3 Å². The van der Waals surface area contributed by atoms with Crippen LogP contribution in [0.4, 0.5) is 0 Å². The van der Waals surface area contributed by atoms with E-state index in [2.05, 4.69) is 34.9 Å². The van der Waals surface area contributed by atoms with E-state index in [1.54, 1.807) is 11.3 Å². The minimum atomic E-state index is 1.00. The van der Waals surface area contributed by atoms with Crippen LogP contribution in [0.1, 0.15) is 23.4 Å². The first-order valence-corrected chi connectivity index (χ1v) is 7.08. The molecule has 1 aliphatic rings. The van der Waals surface area contributed by atoms with Crippen molar-refractivity contribution in [2.45, 2.75) is 26.2 Å². The molecule has 3 nitrogen and oxygen atoms in total. The Morgan fingerprint density at radius 3 is 3.00 bits per heavy atom. The van der Waals surface area contributed by atoms with E-state index in [4.69, 9.17) is 4.98 Å². The minimum absolute atomic E-state index is 1.00. The fraction of sp³-hybridized carbons (Fsp3) is 0.286. The van der Waals surface area contributed by atoms with Crippen LogP contribution in [-0.2, 0) is 12.8 Å². The van der Waals surface area contributed by atoms with Crippen molar-refractivity contribution in [1.29, 1.82) is 0 Å². The Hall–Kier alpha value is -1.68. The van der Waals surface area contributed by atoms with Gasteiger partial charge in [-0.05, 0) is 43.9 Å². The van der Waals surface area contributed by atoms with E-state index >= 15 is 0 Å². The predicted octanol–water partition coefficient (Wildman–Crippen LogP) is 3.28. The van der Waals surface area contributed by atoms with Gasteiger partial charge in [-0.1, -0.05) is 23.5 Å². The summed E-state index contributed by atoms with van der Waals surface area (Å²) in [4.78, 5) is 4.69. The number of nitrogens with zero attached hydrogens (tertiary/aromatic N) is 3. The second-order valence-electron chi connectivity index (χ2n) is 4.74. The third-order valence-corrected chi connectivity index (χ3v) is 4.61. The summed E-state index contributed by atoms with van der Waals surface area (Å²) < 4.78 is 3.29. The highest BCUT2D eigenvalue weighted by molar-refractivity contribution is 7.20. The van der Waals surface area contributed by atoms with E-state index in [1.165, 1.54) is 34.5 Å². The lowest BCUT2D eigenvalue weighted by molar-refractivity contribution is 0.770. The average molecular weight is 255 g/mol. The summed E-state index contributed by atoms with van der Waals surface area (Å²) in [5.74, 6) is 0. The van der Waals surface area contributed by atoms with E-state index in [0.29, 0.717) is 0 Å². The van der Waals surface area contributed by atoms with Crippen molar-refractivity contribution in [2.24, 2.45) is 0 Å². The van der Waals surface area contributed by atoms with Gasteiger partial charge in [0, 0.05) is 0 Å². The lowest BCUT2D eigenvalue weighted by atomic mass is 10.2. The van der Waals surface area contributed by atoms with Gasteiger partial charge in [0.05, 0.1) is 21.6 Å². The van der Waals surface area contributed by atoms with Gasteiger partial charge in [0.15, 0.2) is 0 Å². The van der Waals surface area contributed by atoms with Crippen molar-refractivity contribution < 1.29 is 0 Å². The van der Waals surface area contributed by atoms with Crippen LogP contribution in [0.15, 0.2) is 24.3 Å². The quantitative estimate of drug-likeness (QED) is 0.668. The van der Waals surface area contributed by atoms with Crippen LogP contribution < -0.4 is 0 Å². The van der Waals surface area contributed by atoms with Gasteiger partial charge in [-0.15, -0.1) is 0 Å². The van der Waals surface area contributed by atoms with Gasteiger partial charge in [-0.25, -0.2) is 9.67 Å². The second-order valence-corrected chi connectivity index (χ2v) is 5.75. The highest BCUT2D eigenvalue weighted by atomic mass is 32.1. The molecule has 0 radical (unpaired) electrons. The van der Waals surface area contributed by atoms with Crippen molar-refractivity contribution in [3.8, 4) is 5.13 Å². The monoisotopic (exact) mass is 255 g/mol. The number of thiazole rings is 1. The summed E-state index contributed by atoms with van der Waals surface area (Å²) >= 11 is 1.72. The first kappa shape index (κ1) is 10.3. The van der Waals surface area contributed by atoms with Gasteiger partial charge >= 0.3 is 0 Å². The molecule has 0 bridgehead atoms. The van der Waals surface area contributed by atoms with Crippen LogP contribution in [0.3, 0.4) is 0 Å². The standard InChI is InChI=1S/C14H13N3S/c1-9-10-5-4-7-12(10)17(16-9)14-15-11-6-2-3-8-13(11)18-14/h2-3,6,8H,4-5,7H2,1H3. The molecule has 4 heteroatoms. The molecular formula is C14H13N3S. The predicted molar refractivity (Wildman–Crippen MR) is 73.5 cm³/mol. The molecule has 18 heavy (non-hydrogen) atoms. The summed E-state index contributed by atoms with van der Waals surface area (Å²) in [6.45, 7) is 2.11. The number of fused-ring (bicyclic) bond motifs is 2. The van der Waals surface area contributed by atoms with Crippen LogP contribution in [-0.4, -0.2) is 14.8 Å². The third-order valence-electron chi connectivity index (χ3n) is 3.59. The number of hydrogen-bond acceptors (Lipinski definition) is 3. The number of rotatable bonds is 1. The Bertz CT molecular complexity index is 706. The normalized spacial score (nSPS) is 14.3. The maximum Gasteiger partial charge on any atom is 0.211 e. The number of para-hydroxylation sites is 1. The molecule has 90 valence electrons. The van der Waals surface area contributed by atoms with Crippen molar-refractivity contribution in [3.63, 3.8) is 0 Å². The molecule has 0 spiro atoms. The molecule has 2 heterocycles. The summed E-state index contributed by atoms with van der Waals surface area (Å²) in [5.41, 5.74) is 5.04. The van der Waals surface area contributed by atoms with Crippen molar-refractivity contribution in [2.75, 3.05) is 0 Å². The van der Waals surface area contributed by atoms with Gasteiger partial charge in [-0.3, -0.25) is 0 Å². The third kappa shape index (κ3) is 1.35. The molecule has 0 amide bonds. The average Bonchev–Trinajstić information content (AvgIpc) is 3.05. The molecule has 0 aliphatic heterocycles. The molecule has 0 atom stereocenters. The molecular weight excluding hydrogens is 242 g/mol. The minimum Gasteiger partial charge on any atom is -0.218 e. The zero-order valence-electron chi connectivity index (χ0n) is 10.2. The molecule has 0 saturated heterocycles. The Labute approximate surface area is 109 Å². The summed E-state index contributed by atoms with van der Waals surface area (Å²) in [6, 6.07) is 8.27. The molecule has 4 rings (SSSR count). The van der Waals surface area contributed by atoms with Crippen molar-refractivity contribution >= 4 is 21.6 Å². The van der Waals surface area contributed by atoms with E-state index in [1.807, 2.05) is 6.07 Å². The number of hydrogen-bond donors (Lipinski definition) is 0.